The standard InChI is InChI=1S/C30H43BFNO11S2/c1-17-9-11-30-12-10-20(34)26(30)29(17,4)22(13-28(3,16-33-45(5,37)38)27(18(30)2)44-46(6,39)40)43-23(35)15-41-21-8-7-19-14-42-31(36)24(19)25(21)32/h7-8,17-18,22,26-27,33,36H,9-16H2,1-6H3/t17-,18+,22-,26+,27+,28+,29+,30+/m1/s1. The first-order valence-electron chi connectivity index (χ1n) is 15.5. The van der Waals surface area contributed by atoms with Gasteiger partial charge in [-0.15, -0.1) is 0 Å². The molecule has 12 nitrogen and oxygen atoms in total. The van der Waals surface area contributed by atoms with Gasteiger partial charge in [-0.3, -0.25) is 8.98 Å². The Morgan fingerprint density at radius 3 is 2.52 bits per heavy atom. The molecule has 46 heavy (non-hydrogen) atoms. The van der Waals surface area contributed by atoms with Gasteiger partial charge in [-0.2, -0.15) is 8.42 Å². The summed E-state index contributed by atoms with van der Waals surface area (Å²) in [6.45, 7) is 6.63. The zero-order valence-corrected chi connectivity index (χ0v) is 28.6. The van der Waals surface area contributed by atoms with Gasteiger partial charge in [0, 0.05) is 35.2 Å². The Morgan fingerprint density at radius 2 is 1.87 bits per heavy atom. The molecule has 0 saturated heterocycles. The summed E-state index contributed by atoms with van der Waals surface area (Å²) in [7, 11) is -9.24. The number of rotatable bonds is 9. The highest BCUT2D eigenvalue weighted by Gasteiger charge is 2.69. The zero-order chi connectivity index (χ0) is 34.0. The van der Waals surface area contributed by atoms with Crippen LogP contribution in [0.2, 0.25) is 0 Å². The Balaban J connectivity index is 1.54. The van der Waals surface area contributed by atoms with Gasteiger partial charge < -0.3 is 19.2 Å². The first-order chi connectivity index (χ1) is 21.2. The van der Waals surface area contributed by atoms with Gasteiger partial charge >= 0.3 is 13.1 Å². The largest absolute Gasteiger partial charge is 0.494 e. The van der Waals surface area contributed by atoms with Crippen LogP contribution in [0.5, 0.6) is 5.75 Å². The molecule has 0 unspecified atom stereocenters. The van der Waals surface area contributed by atoms with Crippen LogP contribution in [-0.2, 0) is 49.9 Å². The molecule has 1 aromatic rings. The van der Waals surface area contributed by atoms with E-state index in [4.69, 9.17) is 18.3 Å². The highest BCUT2D eigenvalue weighted by molar-refractivity contribution is 7.88. The number of hydrogen-bond donors (Lipinski definition) is 2. The predicted molar refractivity (Wildman–Crippen MR) is 165 cm³/mol. The topological polar surface area (TPSA) is 172 Å². The van der Waals surface area contributed by atoms with Crippen LogP contribution in [0.25, 0.3) is 0 Å². The molecular formula is C30H43BFNO11S2. The summed E-state index contributed by atoms with van der Waals surface area (Å²) in [6, 6.07) is 2.86. The Hall–Kier alpha value is -2.11. The first-order valence-corrected chi connectivity index (χ1v) is 19.2. The van der Waals surface area contributed by atoms with Gasteiger partial charge in [-0.05, 0) is 54.6 Å². The SMILES string of the molecule is C[C@@H]1CC[C@@]23CCC(=O)[C@H]2[C@]1(C)[C@H](OC(=O)COc1ccc2c(c1F)B(O)OC2)C[C@@](C)(CNS(C)(=O)=O)[C@@H](OS(C)(=O)=O)[C@@H]3C. The summed E-state index contributed by atoms with van der Waals surface area (Å²) in [5.41, 5.74) is -2.41. The molecule has 16 heteroatoms. The van der Waals surface area contributed by atoms with E-state index in [1.807, 2.05) is 20.8 Å². The Bertz CT molecular complexity index is 1620. The van der Waals surface area contributed by atoms with Crippen molar-refractivity contribution >= 4 is 44.5 Å². The molecule has 1 heterocycles. The Morgan fingerprint density at radius 1 is 1.17 bits per heavy atom. The van der Waals surface area contributed by atoms with Crippen LogP contribution < -0.4 is 14.9 Å². The highest BCUT2D eigenvalue weighted by Crippen LogP contribution is 2.68. The second-order valence-corrected chi connectivity index (χ2v) is 17.7. The van der Waals surface area contributed by atoms with E-state index in [9.17, 15) is 31.4 Å². The Kier molecular flexibility index (Phi) is 9.26. The van der Waals surface area contributed by atoms with E-state index in [0.717, 1.165) is 12.5 Å². The second-order valence-electron chi connectivity index (χ2n) is 14.3. The van der Waals surface area contributed by atoms with Gasteiger partial charge in [0.1, 0.15) is 11.9 Å². The molecule has 0 radical (unpaired) electrons. The van der Waals surface area contributed by atoms with Gasteiger partial charge in [-0.25, -0.2) is 22.3 Å². The number of carbonyl (C=O) groups excluding carboxylic acids is 2. The van der Waals surface area contributed by atoms with E-state index in [1.165, 1.54) is 12.1 Å². The summed E-state index contributed by atoms with van der Waals surface area (Å²) in [4.78, 5) is 27.3. The fraction of sp³-hybridized carbons (Fsp3) is 0.733. The average molecular weight is 688 g/mol. The van der Waals surface area contributed by atoms with Crippen molar-refractivity contribution < 1.29 is 54.2 Å². The number of fused-ring (bicyclic) bond motifs is 1. The fourth-order valence-electron chi connectivity index (χ4n) is 8.89. The summed E-state index contributed by atoms with van der Waals surface area (Å²) in [5, 5.41) is 9.99. The van der Waals surface area contributed by atoms with Crippen LogP contribution in [0.4, 0.5) is 4.39 Å². The number of ether oxygens (including phenoxy) is 2. The van der Waals surface area contributed by atoms with Crippen LogP contribution in [0.3, 0.4) is 0 Å². The minimum atomic E-state index is -4.05. The van der Waals surface area contributed by atoms with E-state index >= 15 is 4.39 Å². The molecular weight excluding hydrogens is 644 g/mol. The van der Waals surface area contributed by atoms with Gasteiger partial charge in [0.15, 0.2) is 18.2 Å². The molecule has 0 aromatic heterocycles. The van der Waals surface area contributed by atoms with E-state index in [0.29, 0.717) is 24.8 Å². The van der Waals surface area contributed by atoms with Crippen LogP contribution >= 0.6 is 0 Å². The normalized spacial score (nSPS) is 36.0. The monoisotopic (exact) mass is 687 g/mol. The lowest BCUT2D eigenvalue weighted by Crippen LogP contribution is -2.65. The first kappa shape index (κ1) is 35.2. The maximum atomic E-state index is 15.1. The Labute approximate surface area is 270 Å². The van der Waals surface area contributed by atoms with Crippen molar-refractivity contribution in [1.82, 2.24) is 4.72 Å². The second kappa shape index (κ2) is 12.1. The summed E-state index contributed by atoms with van der Waals surface area (Å²) < 4.78 is 90.2. The smallest absolute Gasteiger partial charge is 0.479 e. The minimum absolute atomic E-state index is 0.00940. The van der Waals surface area contributed by atoms with Crippen molar-refractivity contribution in [2.45, 2.75) is 78.6 Å². The number of halogens is 1. The number of ketones is 1. The maximum absolute atomic E-state index is 15.1. The molecule has 4 aliphatic rings. The molecule has 2 N–H and O–H groups in total. The van der Waals surface area contributed by atoms with Crippen molar-refractivity contribution in [3.8, 4) is 5.75 Å². The molecule has 256 valence electrons. The summed E-state index contributed by atoms with van der Waals surface area (Å²) in [5.74, 6) is -3.14. The maximum Gasteiger partial charge on any atom is 0.494 e. The van der Waals surface area contributed by atoms with Crippen molar-refractivity contribution in [2.24, 2.45) is 34.0 Å². The third-order valence-electron chi connectivity index (χ3n) is 11.4. The lowest BCUT2D eigenvalue weighted by atomic mass is 9.44. The predicted octanol–water partition coefficient (Wildman–Crippen LogP) is 1.68. The molecule has 3 saturated carbocycles. The van der Waals surface area contributed by atoms with Crippen molar-refractivity contribution in [1.29, 1.82) is 0 Å². The third-order valence-corrected chi connectivity index (χ3v) is 12.6. The van der Waals surface area contributed by atoms with Crippen LogP contribution in [-0.4, -0.2) is 78.6 Å². The number of nitrogens with one attached hydrogen (secondary N) is 1. The quantitative estimate of drug-likeness (QED) is 0.220. The molecule has 0 spiro atoms. The third kappa shape index (κ3) is 6.25. The highest BCUT2D eigenvalue weighted by atomic mass is 32.2. The number of carbonyl (C=O) groups is 2. The lowest BCUT2D eigenvalue weighted by Gasteiger charge is -2.62. The number of Topliss-reactive ketones (excluding diaryl/α,β-unsaturated/α-hetero) is 1. The average Bonchev–Trinajstić information content (AvgIpc) is 3.51. The van der Waals surface area contributed by atoms with E-state index in [1.54, 1.807) is 6.92 Å². The number of hydrogen-bond acceptors (Lipinski definition) is 11. The molecule has 3 fully saturated rings. The van der Waals surface area contributed by atoms with E-state index in [2.05, 4.69) is 4.72 Å². The zero-order valence-electron chi connectivity index (χ0n) is 27.0. The van der Waals surface area contributed by atoms with Gasteiger partial charge in [-0.1, -0.05) is 33.8 Å². The number of sulfonamides is 1. The lowest BCUT2D eigenvalue weighted by molar-refractivity contribution is -0.208. The van der Waals surface area contributed by atoms with Gasteiger partial charge in [0.25, 0.3) is 10.1 Å². The van der Waals surface area contributed by atoms with Gasteiger partial charge in [0.2, 0.25) is 10.0 Å². The van der Waals surface area contributed by atoms with Gasteiger partial charge in [0.05, 0.1) is 25.2 Å². The molecule has 5 rings (SSSR count). The number of esters is 1. The molecule has 3 aliphatic carbocycles. The van der Waals surface area contributed by atoms with E-state index in [-0.39, 0.29) is 48.9 Å². The molecule has 1 aromatic carbocycles. The minimum Gasteiger partial charge on any atom is -0.479 e. The summed E-state index contributed by atoms with van der Waals surface area (Å²) >= 11 is 0. The van der Waals surface area contributed by atoms with Crippen LogP contribution in [0.15, 0.2) is 12.1 Å². The molecule has 8 atom stereocenters. The van der Waals surface area contributed by atoms with Crippen LogP contribution in [0.1, 0.15) is 65.4 Å². The van der Waals surface area contributed by atoms with Crippen molar-refractivity contribution in [3.05, 3.63) is 23.5 Å². The fourth-order valence-corrected chi connectivity index (χ4v) is 10.3. The number of benzene rings is 1. The van der Waals surface area contributed by atoms with Crippen molar-refractivity contribution in [2.75, 3.05) is 25.7 Å². The summed E-state index contributed by atoms with van der Waals surface area (Å²) in [6.07, 6.45) is 1.92. The molecule has 2 bridgehead atoms. The molecule has 1 aliphatic heterocycles. The van der Waals surface area contributed by atoms with E-state index < -0.39 is 85.9 Å². The molecule has 0 amide bonds. The van der Waals surface area contributed by atoms with Crippen molar-refractivity contribution in [3.63, 3.8) is 0 Å². The van der Waals surface area contributed by atoms with Crippen LogP contribution in [0, 0.1) is 39.8 Å².